The Bertz CT molecular complexity index is 788. The molecule has 2 aliphatic rings. The molecule has 1 aromatic rings. The number of carbonyl (C=O) groups is 2. The fourth-order valence-electron chi connectivity index (χ4n) is 3.92. The molecule has 8 nitrogen and oxygen atoms in total. The summed E-state index contributed by atoms with van der Waals surface area (Å²) in [6, 6.07) is 1.51. The third kappa shape index (κ3) is 6.49. The number of nitrogens with zero attached hydrogens (tertiary/aromatic N) is 1. The highest BCUT2D eigenvalue weighted by Gasteiger charge is 2.34. The van der Waals surface area contributed by atoms with Gasteiger partial charge < -0.3 is 29.6 Å². The predicted octanol–water partition coefficient (Wildman–Crippen LogP) is 3.47. The van der Waals surface area contributed by atoms with Crippen LogP contribution in [-0.4, -0.2) is 69.0 Å². The summed E-state index contributed by atoms with van der Waals surface area (Å²) < 4.78 is 21.9. The Morgan fingerprint density at radius 3 is 2.75 bits per heavy atom. The highest BCUT2D eigenvalue weighted by atomic mass is 35.5. The number of hydrogen-bond acceptors (Lipinski definition) is 8. The van der Waals surface area contributed by atoms with Gasteiger partial charge in [-0.1, -0.05) is 25.4 Å². The Balaban J connectivity index is 0.00000176. The summed E-state index contributed by atoms with van der Waals surface area (Å²) in [5.41, 5.74) is 7.51. The zero-order valence-electron chi connectivity index (χ0n) is 19.4. The topological polar surface area (TPSA) is 100 Å². The summed E-state index contributed by atoms with van der Waals surface area (Å²) in [7, 11) is 1.61. The summed E-state index contributed by atoms with van der Waals surface area (Å²) in [4.78, 5) is 26.6. The molecule has 180 valence electrons. The number of benzene rings is 1. The van der Waals surface area contributed by atoms with Gasteiger partial charge in [0.05, 0.1) is 23.9 Å². The average molecular weight is 471 g/mol. The maximum Gasteiger partial charge on any atom is 0.342 e. The first kappa shape index (κ1) is 26.2. The van der Waals surface area contributed by atoms with Crippen LogP contribution in [0, 0.1) is 0 Å². The Kier molecular flexibility index (Phi) is 10.5. The van der Waals surface area contributed by atoms with Gasteiger partial charge in [0, 0.05) is 38.6 Å². The maximum atomic E-state index is 12.9. The lowest BCUT2D eigenvalue weighted by molar-refractivity contribution is -0.143. The second-order valence-electron chi connectivity index (χ2n) is 7.44. The minimum absolute atomic E-state index is 0.179. The van der Waals surface area contributed by atoms with Gasteiger partial charge in [-0.05, 0) is 32.4 Å². The maximum absolute atomic E-state index is 12.9. The fourth-order valence-corrected chi connectivity index (χ4v) is 4.15. The van der Waals surface area contributed by atoms with Crippen LogP contribution in [0.2, 0.25) is 5.02 Å². The van der Waals surface area contributed by atoms with Crippen molar-refractivity contribution in [3.05, 3.63) is 22.2 Å². The van der Waals surface area contributed by atoms with Crippen molar-refractivity contribution in [3.8, 4) is 5.75 Å². The van der Waals surface area contributed by atoms with E-state index < -0.39 is 5.97 Å². The largest absolute Gasteiger partial charge is 0.492 e. The van der Waals surface area contributed by atoms with Gasteiger partial charge >= 0.3 is 11.9 Å². The van der Waals surface area contributed by atoms with Gasteiger partial charge in [0.1, 0.15) is 23.5 Å². The zero-order chi connectivity index (χ0) is 23.7. The van der Waals surface area contributed by atoms with Gasteiger partial charge in [-0.15, -0.1) is 0 Å². The molecular formula is C23H35ClN2O6. The summed E-state index contributed by atoms with van der Waals surface area (Å²) >= 11 is 6.20. The normalized spacial score (nSPS) is 19.9. The molecule has 2 heterocycles. The van der Waals surface area contributed by atoms with E-state index >= 15 is 0 Å². The van der Waals surface area contributed by atoms with E-state index in [2.05, 4.69) is 4.90 Å². The van der Waals surface area contributed by atoms with Crippen molar-refractivity contribution in [2.75, 3.05) is 45.7 Å². The van der Waals surface area contributed by atoms with E-state index in [4.69, 9.17) is 36.3 Å². The lowest BCUT2D eigenvalue weighted by Crippen LogP contribution is -2.49. The smallest absolute Gasteiger partial charge is 0.342 e. The van der Waals surface area contributed by atoms with E-state index in [1.807, 2.05) is 13.8 Å². The van der Waals surface area contributed by atoms with E-state index in [0.717, 1.165) is 18.7 Å². The molecular weight excluding hydrogens is 436 g/mol. The predicted molar refractivity (Wildman–Crippen MR) is 123 cm³/mol. The van der Waals surface area contributed by atoms with E-state index in [-0.39, 0.29) is 18.2 Å². The number of rotatable bonds is 8. The lowest BCUT2D eigenvalue weighted by Gasteiger charge is -2.37. The Hall–Kier alpha value is -2.03. The van der Waals surface area contributed by atoms with Crippen LogP contribution in [0.25, 0.3) is 0 Å². The molecule has 9 heteroatoms. The molecule has 0 aliphatic carbocycles. The molecule has 1 aromatic carbocycles. The lowest BCUT2D eigenvalue weighted by atomic mass is 10.0. The number of fused-ring (bicyclic) bond motifs is 1. The van der Waals surface area contributed by atoms with Gasteiger partial charge in [0.25, 0.3) is 0 Å². The van der Waals surface area contributed by atoms with Crippen molar-refractivity contribution in [1.82, 2.24) is 4.90 Å². The minimum atomic E-state index is -0.488. The first-order valence-electron chi connectivity index (χ1n) is 11.3. The summed E-state index contributed by atoms with van der Waals surface area (Å²) in [6.45, 7) is 8.78. The highest BCUT2D eigenvalue weighted by molar-refractivity contribution is 6.33. The molecule has 0 aromatic heterocycles. The van der Waals surface area contributed by atoms with E-state index in [9.17, 15) is 9.59 Å². The molecule has 0 spiro atoms. The standard InChI is InChI=1S/C21H29ClN2O6.C2H6/c1-3-28-18(25)5-4-8-24-9-6-16(17(12-24)27-2)30-21(26)14-11-15(22)19(23)13-7-10-29-20(13)14;1-2/h11,16-17H,3-10,12,23H2,1-2H3;1-2H3. The SMILES string of the molecule is CC.CCOC(=O)CCCN1CCC(OC(=O)c2cc(Cl)c(N)c3c2OCC3)C(OC)C1. The van der Waals surface area contributed by atoms with Crippen LogP contribution in [0.1, 0.15) is 56.0 Å². The molecule has 0 radical (unpaired) electrons. The van der Waals surface area contributed by atoms with Crippen LogP contribution in [0.15, 0.2) is 6.07 Å². The van der Waals surface area contributed by atoms with Crippen LogP contribution in [0.5, 0.6) is 5.75 Å². The Morgan fingerprint density at radius 2 is 2.06 bits per heavy atom. The second-order valence-corrected chi connectivity index (χ2v) is 7.85. The third-order valence-electron chi connectivity index (χ3n) is 5.49. The van der Waals surface area contributed by atoms with Gasteiger partial charge in [0.2, 0.25) is 0 Å². The van der Waals surface area contributed by atoms with Crippen LogP contribution in [0.3, 0.4) is 0 Å². The second kappa shape index (κ2) is 12.9. The van der Waals surface area contributed by atoms with Crippen molar-refractivity contribution in [2.24, 2.45) is 0 Å². The molecule has 2 atom stereocenters. The highest BCUT2D eigenvalue weighted by Crippen LogP contribution is 2.39. The Morgan fingerprint density at radius 1 is 1.31 bits per heavy atom. The molecule has 1 saturated heterocycles. The number of esters is 2. The van der Waals surface area contributed by atoms with E-state index in [1.54, 1.807) is 14.0 Å². The number of hydrogen-bond donors (Lipinski definition) is 1. The molecule has 0 saturated carbocycles. The number of likely N-dealkylation sites (tertiary alicyclic amines) is 1. The molecule has 2 N–H and O–H groups in total. The first-order valence-corrected chi connectivity index (χ1v) is 11.7. The quantitative estimate of drug-likeness (QED) is 0.455. The molecule has 2 unspecified atom stereocenters. The molecule has 3 rings (SSSR count). The van der Waals surface area contributed by atoms with Crippen molar-refractivity contribution >= 4 is 29.2 Å². The number of nitrogen functional groups attached to an aromatic ring is 1. The number of piperidine rings is 1. The molecule has 0 bridgehead atoms. The molecule has 32 heavy (non-hydrogen) atoms. The summed E-state index contributed by atoms with van der Waals surface area (Å²) in [5.74, 6) is -0.202. The number of nitrogens with two attached hydrogens (primary N) is 1. The van der Waals surface area contributed by atoms with Crippen LogP contribution in [-0.2, 0) is 25.4 Å². The monoisotopic (exact) mass is 470 g/mol. The summed E-state index contributed by atoms with van der Waals surface area (Å²) in [5, 5.41) is 0.325. The van der Waals surface area contributed by atoms with Crippen molar-refractivity contribution in [1.29, 1.82) is 0 Å². The summed E-state index contributed by atoms with van der Waals surface area (Å²) in [6.07, 6.45) is 1.72. The Labute approximate surface area is 195 Å². The zero-order valence-corrected chi connectivity index (χ0v) is 20.2. The fraction of sp³-hybridized carbons (Fsp3) is 0.652. The van der Waals surface area contributed by atoms with Crippen LogP contribution in [0.4, 0.5) is 5.69 Å². The van der Waals surface area contributed by atoms with Gasteiger partial charge in [-0.25, -0.2) is 4.79 Å². The van der Waals surface area contributed by atoms with Crippen molar-refractivity contribution < 1.29 is 28.5 Å². The van der Waals surface area contributed by atoms with Gasteiger partial charge in [-0.2, -0.15) is 0 Å². The molecule has 1 fully saturated rings. The number of methoxy groups -OCH3 is 1. The van der Waals surface area contributed by atoms with E-state index in [1.165, 1.54) is 6.07 Å². The van der Waals surface area contributed by atoms with Crippen molar-refractivity contribution in [3.63, 3.8) is 0 Å². The average Bonchev–Trinajstić information content (AvgIpc) is 3.29. The molecule has 2 aliphatic heterocycles. The number of carbonyl (C=O) groups excluding carboxylic acids is 2. The minimum Gasteiger partial charge on any atom is -0.492 e. The van der Waals surface area contributed by atoms with Crippen molar-refractivity contribution in [2.45, 2.75) is 58.7 Å². The third-order valence-corrected chi connectivity index (χ3v) is 5.81. The number of halogens is 1. The molecule has 0 amide bonds. The van der Waals surface area contributed by atoms with Crippen LogP contribution < -0.4 is 10.5 Å². The van der Waals surface area contributed by atoms with Gasteiger partial charge in [-0.3, -0.25) is 4.79 Å². The first-order chi connectivity index (χ1) is 15.4. The van der Waals surface area contributed by atoms with Gasteiger partial charge in [0.15, 0.2) is 0 Å². The van der Waals surface area contributed by atoms with E-state index in [0.29, 0.717) is 67.5 Å². The number of anilines is 1. The number of ether oxygens (including phenoxy) is 4. The van der Waals surface area contributed by atoms with Crippen LogP contribution >= 0.6 is 11.6 Å².